The highest BCUT2D eigenvalue weighted by Gasteiger charge is 2.70. The molecule has 196 valence electrons. The number of aryl methyl sites for hydroxylation is 1. The first-order chi connectivity index (χ1) is 17.4. The summed E-state index contributed by atoms with van der Waals surface area (Å²) in [5.74, 6) is 0.961. The molecule has 2 spiro atoms. The summed E-state index contributed by atoms with van der Waals surface area (Å²) in [5, 5.41) is 22.2. The van der Waals surface area contributed by atoms with Crippen LogP contribution in [0.3, 0.4) is 0 Å². The molecule has 0 radical (unpaired) electrons. The van der Waals surface area contributed by atoms with E-state index in [2.05, 4.69) is 62.2 Å². The van der Waals surface area contributed by atoms with E-state index in [0.29, 0.717) is 12.3 Å². The van der Waals surface area contributed by atoms with Crippen molar-refractivity contribution < 1.29 is 19.4 Å². The van der Waals surface area contributed by atoms with Crippen LogP contribution in [-0.2, 0) is 4.74 Å². The number of aromatic nitrogens is 1. The van der Waals surface area contributed by atoms with Crippen LogP contribution in [0.4, 0.5) is 0 Å². The predicted molar refractivity (Wildman–Crippen MR) is 143 cm³/mol. The average Bonchev–Trinajstić information content (AvgIpc) is 3.49. The van der Waals surface area contributed by atoms with Crippen molar-refractivity contribution in [1.82, 2.24) is 9.88 Å². The van der Waals surface area contributed by atoms with Crippen molar-refractivity contribution in [3.8, 4) is 0 Å². The topological polar surface area (TPSA) is 79.0 Å². The van der Waals surface area contributed by atoms with E-state index in [1.54, 1.807) is 0 Å². The number of nitrogens with zero attached hydrogens (tertiary/aromatic N) is 2. The van der Waals surface area contributed by atoms with Crippen molar-refractivity contribution in [2.24, 2.45) is 16.7 Å². The highest BCUT2D eigenvalue weighted by molar-refractivity contribution is 5.83. The number of benzene rings is 1. The van der Waals surface area contributed by atoms with E-state index in [9.17, 15) is 10.2 Å². The monoisotopic (exact) mass is 502 g/mol. The molecule has 2 bridgehead atoms. The largest absolute Gasteiger partial charge is 0.441 e. The number of ether oxygens (including phenoxy) is 1. The van der Waals surface area contributed by atoms with Crippen molar-refractivity contribution in [3.05, 3.63) is 59.0 Å². The van der Waals surface area contributed by atoms with Crippen LogP contribution < -0.4 is 0 Å². The fraction of sp³-hybridized carbons (Fsp3) is 0.581. The number of aliphatic hydroxyl groups excluding tert-OH is 2. The highest BCUT2D eigenvalue weighted by atomic mass is 16.5. The minimum atomic E-state index is -0.913. The van der Waals surface area contributed by atoms with E-state index in [4.69, 9.17) is 9.15 Å². The second kappa shape index (κ2) is 7.23. The molecular weight excluding hydrogens is 464 g/mol. The fourth-order valence-electron chi connectivity index (χ4n) is 8.72. The Kier molecular flexibility index (Phi) is 4.66. The fourth-order valence-corrected chi connectivity index (χ4v) is 8.72. The van der Waals surface area contributed by atoms with Gasteiger partial charge in [0.05, 0.1) is 17.3 Å². The van der Waals surface area contributed by atoms with Gasteiger partial charge in [0.15, 0.2) is 11.5 Å². The Hall–Kier alpha value is -2.25. The molecule has 0 amide bonds. The maximum atomic E-state index is 11.3. The summed E-state index contributed by atoms with van der Waals surface area (Å²) in [7, 11) is 3.95. The van der Waals surface area contributed by atoms with Gasteiger partial charge >= 0.3 is 0 Å². The molecule has 1 aromatic carbocycles. The lowest BCUT2D eigenvalue weighted by molar-refractivity contribution is -0.170. The van der Waals surface area contributed by atoms with E-state index >= 15 is 0 Å². The summed E-state index contributed by atoms with van der Waals surface area (Å²) in [6, 6.07) is 6.26. The maximum Gasteiger partial charge on any atom is 0.192 e. The maximum absolute atomic E-state index is 11.3. The van der Waals surface area contributed by atoms with Gasteiger partial charge in [0.1, 0.15) is 11.6 Å². The van der Waals surface area contributed by atoms with Gasteiger partial charge in [-0.05, 0) is 79.6 Å². The number of likely N-dealkylation sites (N-methyl/N-ethyl adjacent to an activating group) is 1. The van der Waals surface area contributed by atoms with Gasteiger partial charge in [-0.1, -0.05) is 45.1 Å². The second-order valence-corrected chi connectivity index (χ2v) is 13.1. The third-order valence-electron chi connectivity index (χ3n) is 10.9. The molecule has 2 aliphatic heterocycles. The van der Waals surface area contributed by atoms with Gasteiger partial charge in [0.25, 0.3) is 0 Å². The Labute approximate surface area is 218 Å². The molecule has 2 N–H and O–H groups in total. The Morgan fingerprint density at radius 2 is 1.89 bits per heavy atom. The smallest absolute Gasteiger partial charge is 0.192 e. The quantitative estimate of drug-likeness (QED) is 0.615. The van der Waals surface area contributed by atoms with Crippen LogP contribution in [0.25, 0.3) is 16.7 Å². The summed E-state index contributed by atoms with van der Waals surface area (Å²) >= 11 is 0. The van der Waals surface area contributed by atoms with Crippen LogP contribution in [0.5, 0.6) is 0 Å². The molecule has 37 heavy (non-hydrogen) atoms. The number of hydrogen-bond donors (Lipinski definition) is 2. The van der Waals surface area contributed by atoms with Crippen LogP contribution in [0.1, 0.15) is 57.9 Å². The normalized spacial score (nSPS) is 41.7. The van der Waals surface area contributed by atoms with Gasteiger partial charge < -0.3 is 24.3 Å². The first kappa shape index (κ1) is 23.8. The molecule has 1 unspecified atom stereocenters. The van der Waals surface area contributed by atoms with E-state index in [0.717, 1.165) is 35.9 Å². The SMILES string of the molecule is Cc1nc2ccc(C3=CCC4[C@@]56CC[C@]7(C[C@H](N(C)C)[C@@H](O)[C@H](O)C7=CC5=CC(C)(C)[C@]34C)O6)cc2o1. The Balaban J connectivity index is 1.36. The third-order valence-corrected chi connectivity index (χ3v) is 10.9. The molecule has 7 atom stereocenters. The molecular formula is C31H38N2O4. The van der Waals surface area contributed by atoms with Gasteiger partial charge in [-0.2, -0.15) is 0 Å². The number of hydrogen-bond acceptors (Lipinski definition) is 6. The number of rotatable bonds is 2. The lowest BCUT2D eigenvalue weighted by Gasteiger charge is -2.60. The van der Waals surface area contributed by atoms with Gasteiger partial charge in [-0.15, -0.1) is 0 Å². The molecule has 1 saturated carbocycles. The number of oxazole rings is 1. The van der Waals surface area contributed by atoms with Gasteiger partial charge in [0, 0.05) is 24.3 Å². The molecule has 3 aliphatic carbocycles. The Morgan fingerprint density at radius 1 is 1.11 bits per heavy atom. The van der Waals surface area contributed by atoms with Crippen LogP contribution in [0, 0.1) is 23.7 Å². The van der Waals surface area contributed by atoms with Crippen molar-refractivity contribution in [1.29, 1.82) is 0 Å². The lowest BCUT2D eigenvalue weighted by atomic mass is 9.49. The number of aliphatic hydroxyl groups is 2. The van der Waals surface area contributed by atoms with Gasteiger partial charge in [0.2, 0.25) is 0 Å². The molecule has 2 fully saturated rings. The third kappa shape index (κ3) is 2.82. The molecule has 3 heterocycles. The Morgan fingerprint density at radius 3 is 2.65 bits per heavy atom. The summed E-state index contributed by atoms with van der Waals surface area (Å²) in [5.41, 5.74) is 5.12. The van der Waals surface area contributed by atoms with Crippen molar-refractivity contribution >= 4 is 16.7 Å². The minimum absolute atomic E-state index is 0.145. The molecule has 6 nitrogen and oxygen atoms in total. The molecule has 1 aromatic heterocycles. The second-order valence-electron chi connectivity index (χ2n) is 13.1. The zero-order valence-electron chi connectivity index (χ0n) is 22.7. The lowest BCUT2D eigenvalue weighted by Crippen LogP contribution is -2.63. The molecule has 6 heteroatoms. The minimum Gasteiger partial charge on any atom is -0.441 e. The molecule has 2 aromatic rings. The van der Waals surface area contributed by atoms with Crippen LogP contribution in [-0.4, -0.2) is 63.6 Å². The van der Waals surface area contributed by atoms with Crippen LogP contribution >= 0.6 is 0 Å². The zero-order valence-corrected chi connectivity index (χ0v) is 22.7. The summed E-state index contributed by atoms with van der Waals surface area (Å²) in [6.07, 6.45) is 8.76. The van der Waals surface area contributed by atoms with E-state index in [-0.39, 0.29) is 22.8 Å². The summed E-state index contributed by atoms with van der Waals surface area (Å²) < 4.78 is 13.2. The van der Waals surface area contributed by atoms with E-state index < -0.39 is 23.4 Å². The molecule has 7 rings (SSSR count). The van der Waals surface area contributed by atoms with Crippen LogP contribution in [0.15, 0.2) is 52.0 Å². The Bertz CT molecular complexity index is 1420. The average molecular weight is 503 g/mol. The first-order valence-electron chi connectivity index (χ1n) is 13.7. The van der Waals surface area contributed by atoms with Gasteiger partial charge in [-0.25, -0.2) is 4.98 Å². The van der Waals surface area contributed by atoms with Crippen LogP contribution in [0.2, 0.25) is 0 Å². The molecule has 5 aliphatic rings. The molecule has 1 saturated heterocycles. The predicted octanol–water partition coefficient (Wildman–Crippen LogP) is 4.80. The number of allylic oxidation sites excluding steroid dienone is 3. The summed E-state index contributed by atoms with van der Waals surface area (Å²) in [4.78, 5) is 6.53. The first-order valence-corrected chi connectivity index (χ1v) is 13.7. The van der Waals surface area contributed by atoms with Crippen molar-refractivity contribution in [2.75, 3.05) is 14.1 Å². The standard InChI is InChI=1S/C31H38N2O4/c1-17-32-22-9-7-18(13-24(22)36-17)20-8-10-25-29(20,4)28(2,3)15-19-14-21-26(34)27(35)23(33(5)6)16-30(21)11-12-31(19,25)37-30/h7-9,13-15,23,25-27,34-35H,10-12,16H2,1-6H3/t23-,25?,26+,27+,29+,30+,31+/m0/s1. The van der Waals surface area contributed by atoms with E-state index in [1.165, 1.54) is 16.7 Å². The van der Waals surface area contributed by atoms with Gasteiger partial charge in [-0.3, -0.25) is 0 Å². The summed E-state index contributed by atoms with van der Waals surface area (Å²) in [6.45, 7) is 8.98. The van der Waals surface area contributed by atoms with Crippen molar-refractivity contribution in [2.45, 2.75) is 82.8 Å². The van der Waals surface area contributed by atoms with E-state index in [1.807, 2.05) is 25.9 Å². The zero-order chi connectivity index (χ0) is 26.1. The number of fused-ring (bicyclic) bond motifs is 2. The highest BCUT2D eigenvalue weighted by Crippen LogP contribution is 2.71. The van der Waals surface area contributed by atoms with Crippen molar-refractivity contribution in [3.63, 3.8) is 0 Å².